The third-order valence-electron chi connectivity index (χ3n) is 2.94. The summed E-state index contributed by atoms with van der Waals surface area (Å²) in [6, 6.07) is 2.00. The fourth-order valence-corrected chi connectivity index (χ4v) is 1.75. The number of anilines is 1. The van der Waals surface area contributed by atoms with Gasteiger partial charge in [-0.15, -0.1) is 0 Å². The Hall–Kier alpha value is -2.18. The van der Waals surface area contributed by atoms with Gasteiger partial charge < -0.3 is 10.1 Å². The zero-order valence-electron chi connectivity index (χ0n) is 10.7. The molecule has 7 nitrogen and oxygen atoms in total. The zero-order chi connectivity index (χ0) is 13.1. The topological polar surface area (TPSA) is 86.0 Å². The Balaban J connectivity index is 1.47. The van der Waals surface area contributed by atoms with Gasteiger partial charge in [0.15, 0.2) is 0 Å². The number of nitrogens with one attached hydrogen (secondary N) is 1. The van der Waals surface area contributed by atoms with Crippen molar-refractivity contribution < 1.29 is 9.37 Å². The maximum Gasteiger partial charge on any atom is 0.278 e. The van der Waals surface area contributed by atoms with E-state index in [0.29, 0.717) is 30.6 Å². The minimum atomic E-state index is 0.433. The van der Waals surface area contributed by atoms with E-state index in [1.54, 1.807) is 13.3 Å². The van der Waals surface area contributed by atoms with Gasteiger partial charge in [-0.05, 0) is 24.9 Å². The lowest BCUT2D eigenvalue weighted by atomic mass is 10.3. The van der Waals surface area contributed by atoms with Crippen LogP contribution in [0.25, 0.3) is 0 Å². The molecule has 19 heavy (non-hydrogen) atoms. The predicted molar refractivity (Wildman–Crippen MR) is 67.0 cm³/mol. The summed E-state index contributed by atoms with van der Waals surface area (Å²) >= 11 is 0. The van der Waals surface area contributed by atoms with Gasteiger partial charge >= 0.3 is 0 Å². The molecule has 0 atom stereocenters. The third kappa shape index (κ3) is 2.98. The van der Waals surface area contributed by atoms with Crippen LogP contribution in [0.1, 0.15) is 30.1 Å². The number of hydrogen-bond acceptors (Lipinski definition) is 7. The van der Waals surface area contributed by atoms with Crippen molar-refractivity contribution in [1.82, 2.24) is 20.3 Å². The van der Waals surface area contributed by atoms with Gasteiger partial charge in [0.2, 0.25) is 0 Å². The van der Waals surface area contributed by atoms with Crippen LogP contribution in [-0.4, -0.2) is 33.4 Å². The molecule has 2 heterocycles. The van der Waals surface area contributed by atoms with Gasteiger partial charge in [0.1, 0.15) is 24.4 Å². The van der Waals surface area contributed by atoms with E-state index in [0.717, 1.165) is 11.5 Å². The smallest absolute Gasteiger partial charge is 0.278 e. The van der Waals surface area contributed by atoms with Crippen molar-refractivity contribution >= 4 is 5.82 Å². The van der Waals surface area contributed by atoms with E-state index < -0.39 is 0 Å². The summed E-state index contributed by atoms with van der Waals surface area (Å²) in [5.41, 5.74) is 1.77. The molecule has 1 aliphatic rings. The molecular formula is C12H15N5O2. The van der Waals surface area contributed by atoms with Crippen molar-refractivity contribution in [3.63, 3.8) is 0 Å². The summed E-state index contributed by atoms with van der Waals surface area (Å²) in [5, 5.41) is 10.5. The van der Waals surface area contributed by atoms with Gasteiger partial charge in [-0.2, -0.15) is 0 Å². The molecule has 0 saturated heterocycles. The van der Waals surface area contributed by atoms with Gasteiger partial charge in [-0.25, -0.2) is 14.6 Å². The monoisotopic (exact) mass is 261 g/mol. The summed E-state index contributed by atoms with van der Waals surface area (Å²) < 4.78 is 9.96. The van der Waals surface area contributed by atoms with E-state index in [-0.39, 0.29) is 0 Å². The lowest BCUT2D eigenvalue weighted by Crippen LogP contribution is -2.13. The first kappa shape index (κ1) is 11.9. The largest absolute Gasteiger partial charge is 0.472 e. The Morgan fingerprint density at radius 2 is 2.26 bits per heavy atom. The Bertz CT molecular complexity index is 553. The molecule has 7 heteroatoms. The van der Waals surface area contributed by atoms with Crippen LogP contribution in [0.5, 0.6) is 5.88 Å². The molecule has 0 bridgehead atoms. The molecule has 1 aliphatic carbocycles. The van der Waals surface area contributed by atoms with Crippen LogP contribution >= 0.6 is 0 Å². The molecule has 100 valence electrons. The van der Waals surface area contributed by atoms with Crippen molar-refractivity contribution in [1.29, 1.82) is 0 Å². The number of rotatable bonds is 6. The maximum atomic E-state index is 5.42. The second-order valence-electron chi connectivity index (χ2n) is 4.53. The van der Waals surface area contributed by atoms with Crippen LogP contribution in [0, 0.1) is 6.92 Å². The Kier molecular flexibility index (Phi) is 3.26. The van der Waals surface area contributed by atoms with Gasteiger partial charge in [0.25, 0.3) is 5.88 Å². The van der Waals surface area contributed by atoms with E-state index in [1.807, 2.05) is 6.07 Å². The highest BCUT2D eigenvalue weighted by Crippen LogP contribution is 2.39. The molecule has 1 fully saturated rings. The first-order valence-electron chi connectivity index (χ1n) is 6.30. The molecule has 2 aromatic rings. The Morgan fingerprint density at radius 3 is 3.00 bits per heavy atom. The number of nitrogens with zero attached hydrogens (tertiary/aromatic N) is 4. The first-order chi connectivity index (χ1) is 9.33. The molecule has 1 N–H and O–H groups in total. The van der Waals surface area contributed by atoms with Crippen molar-refractivity contribution in [2.75, 3.05) is 18.5 Å². The summed E-state index contributed by atoms with van der Waals surface area (Å²) in [5.74, 6) is 1.89. The highest BCUT2D eigenvalue weighted by atomic mass is 16.6. The second kappa shape index (κ2) is 5.21. The average molecular weight is 261 g/mol. The molecule has 0 aliphatic heterocycles. The molecule has 2 aromatic heterocycles. The number of hydrogen-bond donors (Lipinski definition) is 1. The number of aromatic nitrogens is 4. The molecule has 0 spiro atoms. The maximum absolute atomic E-state index is 5.42. The third-order valence-corrected chi connectivity index (χ3v) is 2.94. The van der Waals surface area contributed by atoms with Crippen LogP contribution in [0.2, 0.25) is 0 Å². The van der Waals surface area contributed by atoms with Crippen LogP contribution < -0.4 is 10.1 Å². The van der Waals surface area contributed by atoms with Crippen molar-refractivity contribution in [3.05, 3.63) is 23.8 Å². The molecular weight excluding hydrogens is 246 g/mol. The van der Waals surface area contributed by atoms with Gasteiger partial charge in [0.05, 0.1) is 6.54 Å². The Morgan fingerprint density at radius 1 is 1.37 bits per heavy atom. The molecule has 1 saturated carbocycles. The highest BCUT2D eigenvalue weighted by Gasteiger charge is 2.25. The minimum Gasteiger partial charge on any atom is -0.472 e. The fraction of sp³-hybridized carbons (Fsp3) is 0.500. The molecule has 0 unspecified atom stereocenters. The summed E-state index contributed by atoms with van der Waals surface area (Å²) in [6.45, 7) is 2.89. The number of ether oxygens (including phenoxy) is 1. The van der Waals surface area contributed by atoms with Crippen LogP contribution in [0.4, 0.5) is 5.82 Å². The summed E-state index contributed by atoms with van der Waals surface area (Å²) in [7, 11) is 0. The van der Waals surface area contributed by atoms with E-state index in [2.05, 4.69) is 30.2 Å². The Labute approximate surface area is 110 Å². The SMILES string of the molecule is Cc1nonc1OCCNc1cc(C2CC2)ncn1. The summed E-state index contributed by atoms with van der Waals surface area (Å²) in [6.07, 6.45) is 4.07. The molecule has 0 radical (unpaired) electrons. The predicted octanol–water partition coefficient (Wildman–Crippen LogP) is 1.54. The lowest BCUT2D eigenvalue weighted by Gasteiger charge is -2.06. The zero-order valence-corrected chi connectivity index (χ0v) is 10.7. The van der Waals surface area contributed by atoms with Gasteiger partial charge in [0, 0.05) is 17.7 Å². The van der Waals surface area contributed by atoms with E-state index in [1.165, 1.54) is 12.8 Å². The first-order valence-corrected chi connectivity index (χ1v) is 6.30. The highest BCUT2D eigenvalue weighted by molar-refractivity contribution is 5.36. The quantitative estimate of drug-likeness (QED) is 0.789. The van der Waals surface area contributed by atoms with Crippen LogP contribution in [0.15, 0.2) is 17.0 Å². The number of aryl methyl sites for hydroxylation is 1. The van der Waals surface area contributed by atoms with Crippen LogP contribution in [0.3, 0.4) is 0 Å². The summed E-state index contributed by atoms with van der Waals surface area (Å²) in [4.78, 5) is 8.45. The van der Waals surface area contributed by atoms with Gasteiger partial charge in [-0.3, -0.25) is 0 Å². The molecule has 0 aromatic carbocycles. The van der Waals surface area contributed by atoms with Gasteiger partial charge in [-0.1, -0.05) is 5.16 Å². The minimum absolute atomic E-state index is 0.433. The van der Waals surface area contributed by atoms with Crippen LogP contribution in [-0.2, 0) is 0 Å². The molecule has 3 rings (SSSR count). The lowest BCUT2D eigenvalue weighted by molar-refractivity contribution is 0.261. The van der Waals surface area contributed by atoms with E-state index in [9.17, 15) is 0 Å². The fourth-order valence-electron chi connectivity index (χ4n) is 1.75. The van der Waals surface area contributed by atoms with Crippen molar-refractivity contribution in [3.8, 4) is 5.88 Å². The average Bonchev–Trinajstić information content (AvgIpc) is 3.20. The standard InChI is InChI=1S/C12H15N5O2/c1-8-12(17-19-16-8)18-5-4-13-11-6-10(9-2-3-9)14-7-15-11/h6-7,9H,2-5H2,1H3,(H,13,14,15). The normalized spacial score (nSPS) is 14.4. The van der Waals surface area contributed by atoms with Crippen molar-refractivity contribution in [2.24, 2.45) is 0 Å². The van der Waals surface area contributed by atoms with Crippen molar-refractivity contribution in [2.45, 2.75) is 25.7 Å². The van der Waals surface area contributed by atoms with E-state index in [4.69, 9.17) is 4.74 Å². The molecule has 0 amide bonds. The van der Waals surface area contributed by atoms with E-state index >= 15 is 0 Å². The second-order valence-corrected chi connectivity index (χ2v) is 4.53.